The summed E-state index contributed by atoms with van der Waals surface area (Å²) in [5.41, 5.74) is 2.54. The lowest BCUT2D eigenvalue weighted by molar-refractivity contribution is 0.256. The van der Waals surface area contributed by atoms with E-state index in [0.29, 0.717) is 12.5 Å². The molecule has 0 fully saturated rings. The molecule has 0 N–H and O–H groups in total. The van der Waals surface area contributed by atoms with Gasteiger partial charge in [0, 0.05) is 0 Å². The highest BCUT2D eigenvalue weighted by Gasteiger charge is 2.04. The molecule has 2 aromatic carbocycles. The van der Waals surface area contributed by atoms with E-state index in [-0.39, 0.29) is 5.38 Å². The van der Waals surface area contributed by atoms with E-state index in [4.69, 9.17) is 21.1 Å². The second-order valence-corrected chi connectivity index (χ2v) is 7.22. The molecule has 0 amide bonds. The van der Waals surface area contributed by atoms with E-state index in [9.17, 15) is 0 Å². The topological polar surface area (TPSA) is 18.5 Å². The summed E-state index contributed by atoms with van der Waals surface area (Å²) in [5.74, 6) is 2.41. The van der Waals surface area contributed by atoms with Crippen molar-refractivity contribution >= 4 is 11.6 Å². The molecule has 0 aliphatic heterocycles. The summed E-state index contributed by atoms with van der Waals surface area (Å²) in [6, 6.07) is 16.6. The Kier molecular flexibility index (Phi) is 8.14. The number of benzene rings is 2. The summed E-state index contributed by atoms with van der Waals surface area (Å²) in [4.78, 5) is 0. The Morgan fingerprint density at radius 3 is 1.68 bits per heavy atom. The van der Waals surface area contributed by atoms with E-state index < -0.39 is 0 Å². The van der Waals surface area contributed by atoms with E-state index in [0.717, 1.165) is 37.4 Å². The Bertz CT molecular complexity index is 551. The predicted molar refractivity (Wildman–Crippen MR) is 106 cm³/mol. The maximum Gasteiger partial charge on any atom is 0.119 e. The third-order valence-electron chi connectivity index (χ3n) is 4.36. The zero-order chi connectivity index (χ0) is 18.1. The Hall–Kier alpha value is -1.67. The summed E-state index contributed by atoms with van der Waals surface area (Å²) < 4.78 is 11.5. The molecule has 3 heteroatoms. The molecule has 0 spiro atoms. The number of ether oxygens (including phenoxy) is 2. The third kappa shape index (κ3) is 6.99. The van der Waals surface area contributed by atoms with Gasteiger partial charge in [-0.1, -0.05) is 51.5 Å². The van der Waals surface area contributed by atoms with Crippen LogP contribution in [0, 0.1) is 5.92 Å². The average Bonchev–Trinajstić information content (AvgIpc) is 2.66. The summed E-state index contributed by atoms with van der Waals surface area (Å²) in [5, 5.41) is 0.0701. The molecule has 2 atom stereocenters. The average molecular weight is 361 g/mol. The second kappa shape index (κ2) is 10.4. The van der Waals surface area contributed by atoms with Crippen molar-refractivity contribution in [3.05, 3.63) is 59.7 Å². The van der Waals surface area contributed by atoms with Crippen LogP contribution in [-0.4, -0.2) is 18.6 Å². The van der Waals surface area contributed by atoms with Gasteiger partial charge in [-0.3, -0.25) is 0 Å². The maximum atomic E-state index is 6.08. The molecule has 0 aromatic heterocycles. The summed E-state index contributed by atoms with van der Waals surface area (Å²) >= 11 is 6.08. The molecule has 2 rings (SSSR count). The molecular formula is C22H29ClO2. The molecule has 0 heterocycles. The lowest BCUT2D eigenvalue weighted by Gasteiger charge is -2.12. The molecule has 0 aliphatic rings. The first-order valence-corrected chi connectivity index (χ1v) is 9.61. The van der Waals surface area contributed by atoms with Crippen LogP contribution in [0.15, 0.2) is 48.5 Å². The molecule has 0 bridgehead atoms. The Morgan fingerprint density at radius 1 is 0.760 bits per heavy atom. The van der Waals surface area contributed by atoms with Crippen molar-refractivity contribution in [3.8, 4) is 11.5 Å². The normalized spacial score (nSPS) is 13.3. The van der Waals surface area contributed by atoms with Gasteiger partial charge < -0.3 is 9.47 Å². The zero-order valence-electron chi connectivity index (χ0n) is 15.5. The number of hydrogen-bond acceptors (Lipinski definition) is 2. The zero-order valence-corrected chi connectivity index (χ0v) is 16.3. The van der Waals surface area contributed by atoms with Gasteiger partial charge in [0.1, 0.15) is 18.1 Å². The van der Waals surface area contributed by atoms with Gasteiger partial charge in [0.15, 0.2) is 0 Å². The minimum absolute atomic E-state index is 0.0701. The monoisotopic (exact) mass is 360 g/mol. The lowest BCUT2D eigenvalue weighted by atomic mass is 10.0. The van der Waals surface area contributed by atoms with Crippen LogP contribution in [0.5, 0.6) is 11.5 Å². The minimum Gasteiger partial charge on any atom is -0.493 e. The smallest absolute Gasteiger partial charge is 0.119 e. The van der Waals surface area contributed by atoms with Crippen LogP contribution in [0.3, 0.4) is 0 Å². The van der Waals surface area contributed by atoms with Crippen molar-refractivity contribution in [2.75, 3.05) is 13.2 Å². The van der Waals surface area contributed by atoms with E-state index in [1.165, 1.54) is 11.1 Å². The number of alkyl halides is 1. The summed E-state index contributed by atoms with van der Waals surface area (Å²) in [7, 11) is 0. The van der Waals surface area contributed by atoms with Crippen LogP contribution < -0.4 is 9.47 Å². The van der Waals surface area contributed by atoms with Gasteiger partial charge in [-0.15, -0.1) is 11.6 Å². The van der Waals surface area contributed by atoms with Gasteiger partial charge in [-0.2, -0.15) is 0 Å². The number of hydrogen-bond donors (Lipinski definition) is 0. The quantitative estimate of drug-likeness (QED) is 0.476. The van der Waals surface area contributed by atoms with E-state index in [2.05, 4.69) is 57.2 Å². The molecule has 0 saturated carbocycles. The Labute approximate surface area is 157 Å². The molecular weight excluding hydrogens is 332 g/mol. The molecule has 2 nitrogen and oxygen atoms in total. The molecule has 0 unspecified atom stereocenters. The first-order chi connectivity index (χ1) is 12.1. The van der Waals surface area contributed by atoms with Crippen molar-refractivity contribution < 1.29 is 9.47 Å². The first-order valence-electron chi connectivity index (χ1n) is 9.18. The van der Waals surface area contributed by atoms with Gasteiger partial charge >= 0.3 is 0 Å². The van der Waals surface area contributed by atoms with Crippen molar-refractivity contribution in [1.82, 2.24) is 0 Å². The SMILES string of the molecule is CC[C@@H](C)COc1ccc(Cc2ccc(OC[C@@H](Cl)CC)cc2)cc1. The summed E-state index contributed by atoms with van der Waals surface area (Å²) in [6.45, 7) is 7.78. The molecule has 25 heavy (non-hydrogen) atoms. The minimum atomic E-state index is 0.0701. The van der Waals surface area contributed by atoms with Crippen LogP contribution in [0.1, 0.15) is 44.7 Å². The number of halogens is 1. The van der Waals surface area contributed by atoms with Crippen molar-refractivity contribution in [3.63, 3.8) is 0 Å². The lowest BCUT2D eigenvalue weighted by Crippen LogP contribution is -2.10. The van der Waals surface area contributed by atoms with Crippen LogP contribution >= 0.6 is 11.6 Å². The van der Waals surface area contributed by atoms with Crippen LogP contribution in [0.25, 0.3) is 0 Å². The van der Waals surface area contributed by atoms with E-state index >= 15 is 0 Å². The fourth-order valence-electron chi connectivity index (χ4n) is 2.30. The van der Waals surface area contributed by atoms with Crippen molar-refractivity contribution in [1.29, 1.82) is 0 Å². The third-order valence-corrected chi connectivity index (χ3v) is 4.79. The van der Waals surface area contributed by atoms with Gasteiger partial charge in [0.2, 0.25) is 0 Å². The predicted octanol–water partition coefficient (Wildman–Crippen LogP) is 6.10. The van der Waals surface area contributed by atoms with Crippen LogP contribution in [0.4, 0.5) is 0 Å². The fourth-order valence-corrected chi connectivity index (χ4v) is 2.37. The molecule has 0 saturated heterocycles. The maximum absolute atomic E-state index is 6.08. The van der Waals surface area contributed by atoms with Gasteiger partial charge in [-0.05, 0) is 54.2 Å². The van der Waals surface area contributed by atoms with Gasteiger partial charge in [-0.25, -0.2) is 0 Å². The second-order valence-electron chi connectivity index (χ2n) is 6.61. The van der Waals surface area contributed by atoms with Crippen molar-refractivity contribution in [2.45, 2.75) is 45.4 Å². The summed E-state index contributed by atoms with van der Waals surface area (Å²) in [6.07, 6.45) is 2.96. The standard InChI is InChI=1S/C22H29ClO2/c1-4-17(3)15-24-21-10-6-18(7-11-21)14-19-8-12-22(13-9-19)25-16-20(23)5-2/h6-13,17,20H,4-5,14-16H2,1-3H3/t17-,20+/m1/s1. The van der Waals surface area contributed by atoms with E-state index in [1.807, 2.05) is 12.1 Å². The molecule has 136 valence electrons. The van der Waals surface area contributed by atoms with Gasteiger partial charge in [0.05, 0.1) is 12.0 Å². The number of rotatable bonds is 10. The highest BCUT2D eigenvalue weighted by atomic mass is 35.5. The highest BCUT2D eigenvalue weighted by molar-refractivity contribution is 6.20. The largest absolute Gasteiger partial charge is 0.493 e. The Balaban J connectivity index is 1.85. The van der Waals surface area contributed by atoms with Crippen molar-refractivity contribution in [2.24, 2.45) is 5.92 Å². The van der Waals surface area contributed by atoms with Gasteiger partial charge in [0.25, 0.3) is 0 Å². The van der Waals surface area contributed by atoms with Crippen LogP contribution in [0.2, 0.25) is 0 Å². The van der Waals surface area contributed by atoms with Crippen LogP contribution in [-0.2, 0) is 6.42 Å². The molecule has 2 aromatic rings. The molecule has 0 radical (unpaired) electrons. The highest BCUT2D eigenvalue weighted by Crippen LogP contribution is 2.19. The molecule has 0 aliphatic carbocycles. The Morgan fingerprint density at radius 2 is 1.24 bits per heavy atom. The first kappa shape index (κ1) is 19.7. The van der Waals surface area contributed by atoms with E-state index in [1.54, 1.807) is 0 Å². The fraction of sp³-hybridized carbons (Fsp3) is 0.455.